The van der Waals surface area contributed by atoms with Gasteiger partial charge in [0.05, 0.1) is 18.4 Å². The van der Waals surface area contributed by atoms with Crippen LogP contribution in [0.15, 0.2) is 12.3 Å². The Labute approximate surface area is 89.9 Å². The van der Waals surface area contributed by atoms with Gasteiger partial charge in [-0.3, -0.25) is 4.68 Å². The maximum absolute atomic E-state index is 10.2. The first kappa shape index (κ1) is 10.6. The molecule has 4 heteroatoms. The molecule has 84 valence electrons. The molecule has 1 aromatic rings. The zero-order valence-electron chi connectivity index (χ0n) is 9.26. The summed E-state index contributed by atoms with van der Waals surface area (Å²) in [6.07, 6.45) is 2.48. The average Bonchev–Trinajstić information content (AvgIpc) is 2.84. The summed E-state index contributed by atoms with van der Waals surface area (Å²) in [4.78, 5) is 0. The second-order valence-electron chi connectivity index (χ2n) is 4.16. The second kappa shape index (κ2) is 4.33. The number of ether oxygens (including phenoxy) is 1. The molecule has 0 radical (unpaired) electrons. The molecule has 2 rings (SSSR count). The number of hydrogen-bond donors (Lipinski definition) is 1. The van der Waals surface area contributed by atoms with Crippen molar-refractivity contribution in [3.63, 3.8) is 0 Å². The van der Waals surface area contributed by atoms with Crippen LogP contribution in [0.2, 0.25) is 0 Å². The van der Waals surface area contributed by atoms with Crippen LogP contribution in [0.25, 0.3) is 0 Å². The number of aliphatic hydroxyl groups is 1. The van der Waals surface area contributed by atoms with Crippen molar-refractivity contribution in [2.75, 3.05) is 6.61 Å². The van der Waals surface area contributed by atoms with Gasteiger partial charge >= 0.3 is 0 Å². The van der Waals surface area contributed by atoms with Gasteiger partial charge in [-0.2, -0.15) is 5.10 Å². The molecular formula is C11H18N2O2. The number of aliphatic hydroxyl groups excluding tert-OH is 1. The highest BCUT2D eigenvalue weighted by Crippen LogP contribution is 2.31. The van der Waals surface area contributed by atoms with Crippen molar-refractivity contribution in [1.82, 2.24) is 9.78 Å². The lowest BCUT2D eigenvalue weighted by Crippen LogP contribution is -2.17. The smallest absolute Gasteiger partial charge is 0.101 e. The summed E-state index contributed by atoms with van der Waals surface area (Å²) in [7, 11) is 0. The first-order valence-electron chi connectivity index (χ1n) is 5.53. The van der Waals surface area contributed by atoms with Crippen molar-refractivity contribution in [2.45, 2.75) is 39.0 Å². The molecule has 1 aliphatic rings. The predicted octanol–water partition coefficient (Wildman–Crippen LogP) is 1.36. The van der Waals surface area contributed by atoms with Gasteiger partial charge in [0, 0.05) is 18.7 Å². The van der Waals surface area contributed by atoms with E-state index in [2.05, 4.69) is 5.10 Å². The molecule has 0 amide bonds. The van der Waals surface area contributed by atoms with Gasteiger partial charge in [-0.15, -0.1) is 0 Å². The van der Waals surface area contributed by atoms with Crippen LogP contribution in [-0.4, -0.2) is 27.6 Å². The van der Waals surface area contributed by atoms with Gasteiger partial charge in [-0.1, -0.05) is 0 Å². The molecule has 15 heavy (non-hydrogen) atoms. The molecule has 4 nitrogen and oxygen atoms in total. The van der Waals surface area contributed by atoms with Crippen molar-refractivity contribution in [2.24, 2.45) is 5.92 Å². The highest BCUT2D eigenvalue weighted by atomic mass is 16.5. The quantitative estimate of drug-likeness (QED) is 0.819. The van der Waals surface area contributed by atoms with Crippen molar-refractivity contribution in [3.05, 3.63) is 18.0 Å². The fourth-order valence-electron chi connectivity index (χ4n) is 2.17. The first-order chi connectivity index (χ1) is 7.22. The summed E-state index contributed by atoms with van der Waals surface area (Å²) in [5.41, 5.74) is 0.903. The monoisotopic (exact) mass is 210 g/mol. The van der Waals surface area contributed by atoms with Gasteiger partial charge in [0.25, 0.3) is 0 Å². The second-order valence-corrected chi connectivity index (χ2v) is 4.16. The SMILES string of the molecule is CCn1nccc1C(O)C1COC(C)C1. The lowest BCUT2D eigenvalue weighted by Gasteiger charge is -2.17. The normalized spacial score (nSPS) is 28.2. The summed E-state index contributed by atoms with van der Waals surface area (Å²) in [5, 5.41) is 14.4. The molecule has 3 atom stereocenters. The highest BCUT2D eigenvalue weighted by Gasteiger charge is 2.30. The topological polar surface area (TPSA) is 47.3 Å². The summed E-state index contributed by atoms with van der Waals surface area (Å²) < 4.78 is 7.31. The van der Waals surface area contributed by atoms with E-state index in [1.165, 1.54) is 0 Å². The van der Waals surface area contributed by atoms with E-state index in [9.17, 15) is 5.11 Å². The summed E-state index contributed by atoms with van der Waals surface area (Å²) in [6, 6.07) is 1.89. The minimum absolute atomic E-state index is 0.210. The van der Waals surface area contributed by atoms with Crippen molar-refractivity contribution in [1.29, 1.82) is 0 Å². The summed E-state index contributed by atoms with van der Waals surface area (Å²) in [6.45, 7) is 5.51. The van der Waals surface area contributed by atoms with Crippen LogP contribution in [0.5, 0.6) is 0 Å². The van der Waals surface area contributed by atoms with Gasteiger partial charge in [-0.05, 0) is 26.3 Å². The van der Waals surface area contributed by atoms with Crippen LogP contribution in [-0.2, 0) is 11.3 Å². The Bertz CT molecular complexity index is 324. The maximum Gasteiger partial charge on any atom is 0.101 e. The van der Waals surface area contributed by atoms with E-state index < -0.39 is 6.10 Å². The van der Waals surface area contributed by atoms with Crippen LogP contribution in [0.4, 0.5) is 0 Å². The third-order valence-corrected chi connectivity index (χ3v) is 3.03. The van der Waals surface area contributed by atoms with Crippen molar-refractivity contribution >= 4 is 0 Å². The van der Waals surface area contributed by atoms with E-state index in [0.717, 1.165) is 18.7 Å². The number of aromatic nitrogens is 2. The van der Waals surface area contributed by atoms with Gasteiger partial charge in [0.2, 0.25) is 0 Å². The molecule has 1 N–H and O–H groups in total. The molecule has 3 unspecified atom stereocenters. The minimum atomic E-state index is -0.447. The minimum Gasteiger partial charge on any atom is -0.386 e. The zero-order valence-corrected chi connectivity index (χ0v) is 9.26. The van der Waals surface area contributed by atoms with Crippen LogP contribution in [0, 0.1) is 5.92 Å². The number of aryl methyl sites for hydroxylation is 1. The molecule has 0 aliphatic carbocycles. The molecule has 0 bridgehead atoms. The maximum atomic E-state index is 10.2. The summed E-state index contributed by atoms with van der Waals surface area (Å²) in [5.74, 6) is 0.210. The van der Waals surface area contributed by atoms with E-state index in [1.54, 1.807) is 6.20 Å². The Morgan fingerprint density at radius 2 is 2.53 bits per heavy atom. The fraction of sp³-hybridized carbons (Fsp3) is 0.727. The van der Waals surface area contributed by atoms with Gasteiger partial charge < -0.3 is 9.84 Å². The third-order valence-electron chi connectivity index (χ3n) is 3.03. The lowest BCUT2D eigenvalue weighted by atomic mass is 9.97. The van der Waals surface area contributed by atoms with Gasteiger partial charge in [-0.25, -0.2) is 0 Å². The predicted molar refractivity (Wildman–Crippen MR) is 56.4 cm³/mol. The van der Waals surface area contributed by atoms with Crippen LogP contribution in [0.3, 0.4) is 0 Å². The molecule has 1 aliphatic heterocycles. The Hall–Kier alpha value is -0.870. The summed E-state index contributed by atoms with van der Waals surface area (Å²) >= 11 is 0. The van der Waals surface area contributed by atoms with Crippen LogP contribution >= 0.6 is 0 Å². The standard InChI is InChI=1S/C11H18N2O2/c1-3-13-10(4-5-12-13)11(14)9-6-8(2)15-7-9/h4-5,8-9,11,14H,3,6-7H2,1-2H3. The zero-order chi connectivity index (χ0) is 10.8. The number of hydrogen-bond acceptors (Lipinski definition) is 3. The van der Waals surface area contributed by atoms with Crippen LogP contribution < -0.4 is 0 Å². The van der Waals surface area contributed by atoms with Gasteiger partial charge in [0.1, 0.15) is 6.10 Å². The average molecular weight is 210 g/mol. The van der Waals surface area contributed by atoms with Crippen molar-refractivity contribution < 1.29 is 9.84 Å². The Morgan fingerprint density at radius 1 is 1.73 bits per heavy atom. The molecule has 1 saturated heterocycles. The highest BCUT2D eigenvalue weighted by molar-refractivity contribution is 5.06. The van der Waals surface area contributed by atoms with E-state index in [0.29, 0.717) is 6.61 Å². The molecule has 2 heterocycles. The Balaban J connectivity index is 2.10. The van der Waals surface area contributed by atoms with E-state index in [-0.39, 0.29) is 12.0 Å². The Morgan fingerprint density at radius 3 is 3.13 bits per heavy atom. The lowest BCUT2D eigenvalue weighted by molar-refractivity contribution is 0.0753. The van der Waals surface area contributed by atoms with E-state index >= 15 is 0 Å². The van der Waals surface area contributed by atoms with E-state index in [4.69, 9.17) is 4.74 Å². The molecule has 0 aromatic carbocycles. The molecular weight excluding hydrogens is 192 g/mol. The largest absolute Gasteiger partial charge is 0.386 e. The number of rotatable bonds is 3. The molecule has 0 spiro atoms. The first-order valence-corrected chi connectivity index (χ1v) is 5.53. The van der Waals surface area contributed by atoms with Crippen LogP contribution in [0.1, 0.15) is 32.1 Å². The Kier molecular flexibility index (Phi) is 3.07. The van der Waals surface area contributed by atoms with Gasteiger partial charge in [0.15, 0.2) is 0 Å². The third kappa shape index (κ3) is 2.06. The molecule has 0 saturated carbocycles. The molecule has 1 fully saturated rings. The fourth-order valence-corrected chi connectivity index (χ4v) is 2.17. The number of nitrogens with zero attached hydrogens (tertiary/aromatic N) is 2. The van der Waals surface area contributed by atoms with E-state index in [1.807, 2.05) is 24.6 Å². The van der Waals surface area contributed by atoms with Crippen molar-refractivity contribution in [3.8, 4) is 0 Å². The molecule has 1 aromatic heterocycles.